The molecule has 2 aliphatic rings. The number of hydrazine groups is 1. The van der Waals surface area contributed by atoms with Crippen molar-refractivity contribution in [1.82, 2.24) is 5.43 Å². The van der Waals surface area contributed by atoms with Gasteiger partial charge in [0.15, 0.2) is 0 Å². The summed E-state index contributed by atoms with van der Waals surface area (Å²) in [5.74, 6) is 0.762. The Kier molecular flexibility index (Phi) is 3.71. The van der Waals surface area contributed by atoms with E-state index in [-0.39, 0.29) is 11.2 Å². The van der Waals surface area contributed by atoms with Gasteiger partial charge in [0.05, 0.1) is 24.0 Å². The molecule has 1 saturated heterocycles. The van der Waals surface area contributed by atoms with E-state index in [0.29, 0.717) is 0 Å². The molecule has 1 aromatic rings. The van der Waals surface area contributed by atoms with Gasteiger partial charge < -0.3 is 14.0 Å². The monoisotopic (exact) mass is 302 g/mol. The van der Waals surface area contributed by atoms with E-state index in [1.165, 1.54) is 0 Å². The Morgan fingerprint density at radius 2 is 1.86 bits per heavy atom. The molecular formula is C16H23BN2O3. The molecule has 0 aliphatic carbocycles. The Morgan fingerprint density at radius 3 is 2.41 bits per heavy atom. The van der Waals surface area contributed by atoms with Crippen LogP contribution in [0.15, 0.2) is 30.5 Å². The second kappa shape index (κ2) is 5.30. The normalized spacial score (nSPS) is 22.4. The fourth-order valence-electron chi connectivity index (χ4n) is 2.55. The standard InChI is InChI=1S/C16H23BN2O3/c1-15(2)16(3,4)22-17(21-15)13-8-7-12(11-14(13)20-5)19-10-6-9-18-19/h6-8,10-11,18H,9H2,1-5H3. The molecular weight excluding hydrogens is 279 g/mol. The van der Waals surface area contributed by atoms with E-state index in [9.17, 15) is 0 Å². The summed E-state index contributed by atoms with van der Waals surface area (Å²) in [7, 11) is 1.25. The summed E-state index contributed by atoms with van der Waals surface area (Å²) < 4.78 is 17.8. The van der Waals surface area contributed by atoms with Crippen LogP contribution < -0.4 is 20.6 Å². The van der Waals surface area contributed by atoms with Gasteiger partial charge in [0.25, 0.3) is 0 Å². The number of rotatable bonds is 3. The van der Waals surface area contributed by atoms with Crippen molar-refractivity contribution in [2.24, 2.45) is 0 Å². The average molecular weight is 302 g/mol. The van der Waals surface area contributed by atoms with E-state index in [0.717, 1.165) is 23.4 Å². The molecule has 0 atom stereocenters. The molecule has 2 heterocycles. The van der Waals surface area contributed by atoms with Crippen LogP contribution in [-0.4, -0.2) is 32.0 Å². The molecule has 118 valence electrons. The van der Waals surface area contributed by atoms with Crippen molar-refractivity contribution < 1.29 is 14.0 Å². The van der Waals surface area contributed by atoms with Crippen molar-refractivity contribution in [3.05, 3.63) is 30.5 Å². The number of anilines is 1. The minimum atomic E-state index is -0.420. The zero-order chi connectivity index (χ0) is 16.0. The minimum Gasteiger partial charge on any atom is -0.497 e. The number of hydrogen-bond acceptors (Lipinski definition) is 5. The summed E-state index contributed by atoms with van der Waals surface area (Å²) in [4.78, 5) is 0. The molecule has 1 N–H and O–H groups in total. The van der Waals surface area contributed by atoms with Crippen LogP contribution in [0, 0.1) is 0 Å². The molecule has 5 nitrogen and oxygen atoms in total. The Balaban J connectivity index is 1.90. The summed E-state index contributed by atoms with van der Waals surface area (Å²) in [5, 5.41) is 1.97. The first-order valence-electron chi connectivity index (χ1n) is 7.57. The predicted molar refractivity (Wildman–Crippen MR) is 88.3 cm³/mol. The first kappa shape index (κ1) is 15.4. The van der Waals surface area contributed by atoms with Crippen LogP contribution in [0.3, 0.4) is 0 Å². The van der Waals surface area contributed by atoms with Gasteiger partial charge in [-0.2, -0.15) is 0 Å². The number of nitrogens with one attached hydrogen (secondary N) is 1. The molecule has 1 fully saturated rings. The minimum absolute atomic E-state index is 0.361. The Bertz CT molecular complexity index is 585. The van der Waals surface area contributed by atoms with Crippen molar-refractivity contribution >= 4 is 18.3 Å². The molecule has 0 unspecified atom stereocenters. The van der Waals surface area contributed by atoms with Crippen LogP contribution >= 0.6 is 0 Å². The van der Waals surface area contributed by atoms with E-state index in [1.807, 2.05) is 57.1 Å². The van der Waals surface area contributed by atoms with Crippen molar-refractivity contribution in [2.45, 2.75) is 38.9 Å². The van der Waals surface area contributed by atoms with Gasteiger partial charge in [-0.25, -0.2) is 5.43 Å². The zero-order valence-corrected chi connectivity index (χ0v) is 13.8. The lowest BCUT2D eigenvalue weighted by Crippen LogP contribution is -2.41. The van der Waals surface area contributed by atoms with Gasteiger partial charge in [-0.15, -0.1) is 0 Å². The Labute approximate surface area is 132 Å². The molecule has 1 aromatic carbocycles. The number of nitrogens with zero attached hydrogens (tertiary/aromatic N) is 1. The van der Waals surface area contributed by atoms with Crippen molar-refractivity contribution in [1.29, 1.82) is 0 Å². The highest BCUT2D eigenvalue weighted by molar-refractivity contribution is 6.63. The fourth-order valence-corrected chi connectivity index (χ4v) is 2.55. The lowest BCUT2D eigenvalue weighted by molar-refractivity contribution is 0.00578. The molecule has 0 aromatic heterocycles. The largest absolute Gasteiger partial charge is 0.498 e. The maximum atomic E-state index is 6.11. The van der Waals surface area contributed by atoms with Gasteiger partial charge in [-0.3, -0.25) is 5.01 Å². The zero-order valence-electron chi connectivity index (χ0n) is 13.8. The highest BCUT2D eigenvalue weighted by Crippen LogP contribution is 2.37. The molecule has 0 saturated carbocycles. The number of ether oxygens (including phenoxy) is 1. The third-order valence-corrected chi connectivity index (χ3v) is 4.64. The maximum absolute atomic E-state index is 6.11. The van der Waals surface area contributed by atoms with Crippen LogP contribution in [-0.2, 0) is 9.31 Å². The molecule has 2 aliphatic heterocycles. The summed E-state index contributed by atoms with van der Waals surface area (Å²) in [6.45, 7) is 9.03. The van der Waals surface area contributed by atoms with Crippen molar-refractivity contribution in [2.75, 3.05) is 18.7 Å². The summed E-state index contributed by atoms with van der Waals surface area (Å²) in [6, 6.07) is 6.03. The molecule has 3 rings (SSSR count). The molecule has 0 amide bonds. The third-order valence-electron chi connectivity index (χ3n) is 4.64. The summed E-state index contributed by atoms with van der Waals surface area (Å²) >= 11 is 0. The average Bonchev–Trinajstić information content (AvgIpc) is 3.05. The second-order valence-electron chi connectivity index (χ2n) is 6.63. The topological polar surface area (TPSA) is 43.0 Å². The highest BCUT2D eigenvalue weighted by atomic mass is 16.7. The van der Waals surface area contributed by atoms with Crippen LogP contribution in [0.1, 0.15) is 27.7 Å². The van der Waals surface area contributed by atoms with Gasteiger partial charge in [0.1, 0.15) is 5.75 Å². The molecule has 0 bridgehead atoms. The number of benzene rings is 1. The predicted octanol–water partition coefficient (Wildman–Crippen LogP) is 1.83. The van der Waals surface area contributed by atoms with Gasteiger partial charge in [-0.1, -0.05) is 12.1 Å². The SMILES string of the molecule is COc1cc(N2C=CCN2)ccc1B1OC(C)(C)C(C)(C)O1. The van der Waals surface area contributed by atoms with E-state index in [2.05, 4.69) is 11.5 Å². The first-order valence-corrected chi connectivity index (χ1v) is 7.57. The van der Waals surface area contributed by atoms with Crippen molar-refractivity contribution in [3.8, 4) is 5.75 Å². The fraction of sp³-hybridized carbons (Fsp3) is 0.500. The van der Waals surface area contributed by atoms with Crippen LogP contribution in [0.25, 0.3) is 0 Å². The van der Waals surface area contributed by atoms with Crippen molar-refractivity contribution in [3.63, 3.8) is 0 Å². The van der Waals surface area contributed by atoms with E-state index in [1.54, 1.807) is 7.11 Å². The lowest BCUT2D eigenvalue weighted by atomic mass is 9.78. The maximum Gasteiger partial charge on any atom is 0.498 e. The second-order valence-corrected chi connectivity index (χ2v) is 6.63. The van der Waals surface area contributed by atoms with Crippen LogP contribution in [0.4, 0.5) is 5.69 Å². The third kappa shape index (κ3) is 2.51. The Hall–Kier alpha value is -1.50. The smallest absolute Gasteiger partial charge is 0.497 e. The molecule has 0 spiro atoms. The van der Waals surface area contributed by atoms with Gasteiger partial charge in [0, 0.05) is 24.3 Å². The van der Waals surface area contributed by atoms with Gasteiger partial charge in [-0.05, 0) is 33.8 Å². The quantitative estimate of drug-likeness (QED) is 0.863. The number of hydrogen-bond donors (Lipinski definition) is 1. The lowest BCUT2D eigenvalue weighted by Gasteiger charge is -2.32. The van der Waals surface area contributed by atoms with Crippen LogP contribution in [0.2, 0.25) is 0 Å². The molecule has 0 radical (unpaired) electrons. The first-order chi connectivity index (χ1) is 10.3. The summed E-state index contributed by atoms with van der Waals surface area (Å²) in [5.41, 5.74) is 4.45. The van der Waals surface area contributed by atoms with E-state index < -0.39 is 7.12 Å². The number of methoxy groups -OCH3 is 1. The Morgan fingerprint density at radius 1 is 1.18 bits per heavy atom. The highest BCUT2D eigenvalue weighted by Gasteiger charge is 2.52. The van der Waals surface area contributed by atoms with Crippen LogP contribution in [0.5, 0.6) is 5.75 Å². The van der Waals surface area contributed by atoms with Gasteiger partial charge in [0.2, 0.25) is 0 Å². The van der Waals surface area contributed by atoms with Gasteiger partial charge >= 0.3 is 7.12 Å². The molecule has 6 heteroatoms. The van der Waals surface area contributed by atoms with E-state index >= 15 is 0 Å². The molecule has 22 heavy (non-hydrogen) atoms. The van der Waals surface area contributed by atoms with E-state index in [4.69, 9.17) is 14.0 Å². The summed E-state index contributed by atoms with van der Waals surface area (Å²) in [6.07, 6.45) is 4.07.